The van der Waals surface area contributed by atoms with E-state index in [1.165, 1.54) is 61.4 Å². The Kier molecular flexibility index (Phi) is 8.96. The van der Waals surface area contributed by atoms with E-state index in [9.17, 15) is 0 Å². The molecule has 0 radical (unpaired) electrons. The van der Waals surface area contributed by atoms with Gasteiger partial charge in [-0.2, -0.15) is 0 Å². The minimum absolute atomic E-state index is 0.0817. The Morgan fingerprint density at radius 3 is 1.54 bits per heavy atom. The Morgan fingerprint density at radius 1 is 0.354 bits per heavy atom. The van der Waals surface area contributed by atoms with Crippen molar-refractivity contribution in [1.82, 2.24) is 19.5 Å². The summed E-state index contributed by atoms with van der Waals surface area (Å²) in [6.45, 7) is 9.66. The van der Waals surface area contributed by atoms with Crippen LogP contribution in [0.15, 0.2) is 194 Å². The van der Waals surface area contributed by atoms with E-state index in [0.29, 0.717) is 17.5 Å². The van der Waals surface area contributed by atoms with E-state index < -0.39 is 0 Å². The summed E-state index contributed by atoms with van der Waals surface area (Å²) in [4.78, 5) is 15.8. The zero-order chi connectivity index (χ0) is 43.9. The van der Waals surface area contributed by atoms with Crippen LogP contribution in [-0.4, -0.2) is 19.5 Å². The van der Waals surface area contributed by atoms with Gasteiger partial charge in [0.25, 0.3) is 0 Å². The number of nitrogens with zero attached hydrogens (tertiary/aromatic N) is 4. The molecule has 2 aromatic heterocycles. The van der Waals surface area contributed by atoms with Crippen molar-refractivity contribution in [3.63, 3.8) is 0 Å². The molecular formula is C61H48N4. The van der Waals surface area contributed by atoms with E-state index in [0.717, 1.165) is 50.5 Å². The number of rotatable bonds is 6. The monoisotopic (exact) mass is 836 g/mol. The van der Waals surface area contributed by atoms with Gasteiger partial charge in [-0.25, -0.2) is 15.0 Å². The highest BCUT2D eigenvalue weighted by Crippen LogP contribution is 2.49. The third kappa shape index (κ3) is 6.63. The highest BCUT2D eigenvalue weighted by molar-refractivity contribution is 6.12. The lowest BCUT2D eigenvalue weighted by molar-refractivity contribution is 0.332. The van der Waals surface area contributed by atoms with Crippen molar-refractivity contribution in [3.8, 4) is 62.1 Å². The maximum absolute atomic E-state index is 5.33. The Labute approximate surface area is 379 Å². The van der Waals surface area contributed by atoms with Gasteiger partial charge in [0, 0.05) is 32.8 Å². The first-order chi connectivity index (χ1) is 31.7. The zero-order valence-electron chi connectivity index (χ0n) is 37.2. The Bertz CT molecular complexity index is 3640. The van der Waals surface area contributed by atoms with Crippen LogP contribution in [0.5, 0.6) is 0 Å². The van der Waals surface area contributed by atoms with E-state index in [-0.39, 0.29) is 10.8 Å². The third-order valence-electron chi connectivity index (χ3n) is 14.1. The summed E-state index contributed by atoms with van der Waals surface area (Å²) >= 11 is 0. The maximum atomic E-state index is 5.33. The molecule has 0 N–H and O–H groups in total. The second-order valence-electron chi connectivity index (χ2n) is 19.1. The van der Waals surface area contributed by atoms with Crippen LogP contribution in [0, 0.1) is 0 Å². The molecule has 0 saturated heterocycles. The van der Waals surface area contributed by atoms with Crippen LogP contribution in [0.4, 0.5) is 0 Å². The molecule has 0 atom stereocenters. The molecule has 12 rings (SSSR count). The molecule has 0 amide bonds. The molecule has 1 aliphatic carbocycles. The van der Waals surface area contributed by atoms with E-state index in [1.807, 2.05) is 6.07 Å². The Balaban J connectivity index is 1.04. The van der Waals surface area contributed by atoms with Crippen LogP contribution in [-0.2, 0) is 10.8 Å². The topological polar surface area (TPSA) is 43.6 Å². The van der Waals surface area contributed by atoms with Gasteiger partial charge in [0.15, 0.2) is 17.5 Å². The summed E-state index contributed by atoms with van der Waals surface area (Å²) in [6, 6.07) is 69.9. The number of para-hydroxylation sites is 1. The molecule has 1 aliphatic rings. The quantitative estimate of drug-likeness (QED) is 0.168. The lowest BCUT2D eigenvalue weighted by Gasteiger charge is -2.42. The van der Waals surface area contributed by atoms with Crippen molar-refractivity contribution < 1.29 is 0 Å². The van der Waals surface area contributed by atoms with Crippen molar-refractivity contribution in [2.24, 2.45) is 0 Å². The van der Waals surface area contributed by atoms with Gasteiger partial charge in [-0.05, 0) is 116 Å². The second-order valence-corrected chi connectivity index (χ2v) is 19.1. The lowest BCUT2D eigenvalue weighted by atomic mass is 9.63. The fourth-order valence-electron chi connectivity index (χ4n) is 10.4. The number of hydrogen-bond acceptors (Lipinski definition) is 3. The molecule has 0 bridgehead atoms. The highest BCUT2D eigenvalue weighted by Gasteiger charge is 2.38. The zero-order valence-corrected chi connectivity index (χ0v) is 37.2. The third-order valence-corrected chi connectivity index (χ3v) is 14.1. The van der Waals surface area contributed by atoms with Gasteiger partial charge in [-0.1, -0.05) is 179 Å². The Hall–Kier alpha value is -7.69. The van der Waals surface area contributed by atoms with E-state index >= 15 is 0 Å². The van der Waals surface area contributed by atoms with Crippen LogP contribution in [0.2, 0.25) is 0 Å². The minimum Gasteiger partial charge on any atom is -0.309 e. The van der Waals surface area contributed by atoms with Crippen molar-refractivity contribution in [2.75, 3.05) is 0 Å². The van der Waals surface area contributed by atoms with Gasteiger partial charge in [0.2, 0.25) is 0 Å². The first kappa shape index (κ1) is 38.9. The fourth-order valence-corrected chi connectivity index (χ4v) is 10.4. The summed E-state index contributed by atoms with van der Waals surface area (Å²) < 4.78 is 2.49. The molecule has 2 heterocycles. The van der Waals surface area contributed by atoms with Gasteiger partial charge >= 0.3 is 0 Å². The maximum Gasteiger partial charge on any atom is 0.164 e. The number of benzene rings is 9. The fraction of sp³-hybridized carbons (Fsp3) is 0.131. The highest BCUT2D eigenvalue weighted by atomic mass is 15.0. The Morgan fingerprint density at radius 2 is 0.846 bits per heavy atom. The molecule has 0 fully saturated rings. The summed E-state index contributed by atoms with van der Waals surface area (Å²) in [5.74, 6) is 1.91. The number of aromatic nitrogens is 4. The molecule has 4 heteroatoms. The van der Waals surface area contributed by atoms with Crippen LogP contribution in [0.1, 0.15) is 51.7 Å². The first-order valence-electron chi connectivity index (χ1n) is 22.8. The molecule has 0 saturated carbocycles. The predicted octanol–water partition coefficient (Wildman–Crippen LogP) is 16.0. The molecule has 0 spiro atoms. The van der Waals surface area contributed by atoms with E-state index in [4.69, 9.17) is 15.0 Å². The normalized spacial score (nSPS) is 14.3. The molecular weight excluding hydrogens is 789 g/mol. The minimum atomic E-state index is 0.0817. The molecule has 65 heavy (non-hydrogen) atoms. The summed E-state index contributed by atoms with van der Waals surface area (Å²) in [5.41, 5.74) is 14.3. The van der Waals surface area contributed by atoms with E-state index in [1.54, 1.807) is 0 Å². The van der Waals surface area contributed by atoms with Gasteiger partial charge in [0.05, 0.1) is 16.7 Å². The van der Waals surface area contributed by atoms with Gasteiger partial charge in [-0.15, -0.1) is 0 Å². The molecule has 4 nitrogen and oxygen atoms in total. The average molecular weight is 837 g/mol. The average Bonchev–Trinajstić information content (AvgIpc) is 3.68. The van der Waals surface area contributed by atoms with Crippen LogP contribution in [0.3, 0.4) is 0 Å². The largest absolute Gasteiger partial charge is 0.309 e. The summed E-state index contributed by atoms with van der Waals surface area (Å²) in [6.07, 6.45) is 2.34. The lowest BCUT2D eigenvalue weighted by Crippen LogP contribution is -2.33. The van der Waals surface area contributed by atoms with Crippen LogP contribution >= 0.6 is 0 Å². The van der Waals surface area contributed by atoms with Gasteiger partial charge in [-0.3, -0.25) is 0 Å². The van der Waals surface area contributed by atoms with E-state index in [2.05, 4.69) is 220 Å². The summed E-state index contributed by atoms with van der Waals surface area (Å²) in [7, 11) is 0. The molecule has 312 valence electrons. The molecule has 9 aromatic carbocycles. The number of hydrogen-bond donors (Lipinski definition) is 0. The first-order valence-corrected chi connectivity index (χ1v) is 22.8. The summed E-state index contributed by atoms with van der Waals surface area (Å²) in [5, 5.41) is 7.10. The van der Waals surface area contributed by atoms with Crippen LogP contribution < -0.4 is 0 Å². The van der Waals surface area contributed by atoms with Crippen molar-refractivity contribution >= 4 is 43.4 Å². The van der Waals surface area contributed by atoms with Crippen molar-refractivity contribution in [1.29, 1.82) is 0 Å². The molecule has 11 aromatic rings. The second kappa shape index (κ2) is 15.0. The number of fused-ring (bicyclic) bond motifs is 6. The smallest absolute Gasteiger partial charge is 0.164 e. The SMILES string of the molecule is CC1(C)CCC(C)(C)c2cc3c(cc21)c1ccccc1n3-c1ccc(-c2nc(-c3ccc(-c4ccccc4)cc3)nc(-c3ccc4cc(-c5ccccc5)ccc4c3)n2)c2ccccc12. The predicted molar refractivity (Wildman–Crippen MR) is 272 cm³/mol. The molecule has 0 aliphatic heterocycles. The van der Waals surface area contributed by atoms with Crippen LogP contribution in [0.25, 0.3) is 105 Å². The molecule has 0 unspecified atom stereocenters. The van der Waals surface area contributed by atoms with Crippen molar-refractivity contribution in [3.05, 3.63) is 205 Å². The van der Waals surface area contributed by atoms with Gasteiger partial charge in [0.1, 0.15) is 0 Å². The standard InChI is InChI=1S/C61H48N4/c1-60(2)33-34-61(3,4)53-38-56-51(37-52(53)60)49-21-13-14-22-54(49)65(56)55-32-31-50(47-19-11-12-20-48(47)55)59-63-57(42-25-23-41(24-26-42)39-15-7-5-8-16-39)62-58(64-59)46-30-29-44-35-43(27-28-45(44)36-46)40-17-9-6-10-18-40/h5-32,35-38H,33-34H2,1-4H3. The van der Waals surface area contributed by atoms with Gasteiger partial charge < -0.3 is 4.57 Å². The van der Waals surface area contributed by atoms with Crippen molar-refractivity contribution in [2.45, 2.75) is 51.4 Å².